The van der Waals surface area contributed by atoms with Gasteiger partial charge >= 0.3 is 0 Å². The molecular formula is C9H14N2. The first-order valence-corrected chi connectivity index (χ1v) is 3.92. The standard InChI is InChI=1S/C9H14N2/c1-8(2)11-7-9-5-3-4-6-10-9/h3-6,8,11H,7H2,1-2H3. The summed E-state index contributed by atoms with van der Waals surface area (Å²) in [4.78, 5) is 4.19. The van der Waals surface area contributed by atoms with Gasteiger partial charge in [0.1, 0.15) is 0 Å². The van der Waals surface area contributed by atoms with Crippen LogP contribution in [0.3, 0.4) is 0 Å². The molecule has 0 fully saturated rings. The van der Waals surface area contributed by atoms with Gasteiger partial charge < -0.3 is 5.32 Å². The van der Waals surface area contributed by atoms with E-state index in [1.165, 1.54) is 0 Å². The number of hydrogen-bond donors (Lipinski definition) is 1. The van der Waals surface area contributed by atoms with Crippen molar-refractivity contribution < 1.29 is 0 Å². The molecule has 1 aromatic heterocycles. The van der Waals surface area contributed by atoms with Crippen LogP contribution >= 0.6 is 0 Å². The van der Waals surface area contributed by atoms with Crippen molar-refractivity contribution in [2.75, 3.05) is 0 Å². The van der Waals surface area contributed by atoms with Gasteiger partial charge in [-0.2, -0.15) is 0 Å². The molecule has 1 heterocycles. The van der Waals surface area contributed by atoms with E-state index in [2.05, 4.69) is 24.1 Å². The Morgan fingerprint density at radius 1 is 1.45 bits per heavy atom. The molecule has 2 heteroatoms. The van der Waals surface area contributed by atoms with Crippen molar-refractivity contribution in [3.63, 3.8) is 0 Å². The molecule has 1 aromatic rings. The number of nitrogens with zero attached hydrogens (tertiary/aromatic N) is 1. The topological polar surface area (TPSA) is 24.9 Å². The third-order valence-corrected chi connectivity index (χ3v) is 1.42. The SMILES string of the molecule is CC(C)NCc1ccccn1. The van der Waals surface area contributed by atoms with Gasteiger partial charge in [0.15, 0.2) is 0 Å². The van der Waals surface area contributed by atoms with Crippen molar-refractivity contribution in [2.45, 2.75) is 26.4 Å². The summed E-state index contributed by atoms with van der Waals surface area (Å²) in [6.07, 6.45) is 1.82. The van der Waals surface area contributed by atoms with Gasteiger partial charge in [-0.05, 0) is 12.1 Å². The Balaban J connectivity index is 2.39. The Kier molecular flexibility index (Phi) is 3.05. The van der Waals surface area contributed by atoms with Crippen LogP contribution in [0.25, 0.3) is 0 Å². The Hall–Kier alpha value is -0.890. The minimum absolute atomic E-state index is 0.525. The fourth-order valence-electron chi connectivity index (χ4n) is 0.811. The van der Waals surface area contributed by atoms with E-state index in [0.29, 0.717) is 6.04 Å². The molecule has 0 bridgehead atoms. The average Bonchev–Trinajstić information content (AvgIpc) is 2.03. The molecule has 0 aliphatic carbocycles. The molecule has 0 amide bonds. The van der Waals surface area contributed by atoms with Crippen LogP contribution in [0.4, 0.5) is 0 Å². The first-order chi connectivity index (χ1) is 5.29. The normalized spacial score (nSPS) is 10.5. The number of nitrogens with one attached hydrogen (secondary N) is 1. The molecule has 0 saturated carbocycles. The zero-order valence-electron chi connectivity index (χ0n) is 7.04. The van der Waals surface area contributed by atoms with Gasteiger partial charge in [0.2, 0.25) is 0 Å². The Labute approximate surface area is 67.7 Å². The lowest BCUT2D eigenvalue weighted by molar-refractivity contribution is 0.581. The highest BCUT2D eigenvalue weighted by Gasteiger charge is 1.93. The Morgan fingerprint density at radius 3 is 2.82 bits per heavy atom. The molecule has 11 heavy (non-hydrogen) atoms. The van der Waals surface area contributed by atoms with E-state index in [4.69, 9.17) is 0 Å². The monoisotopic (exact) mass is 150 g/mol. The van der Waals surface area contributed by atoms with Gasteiger partial charge in [-0.25, -0.2) is 0 Å². The molecule has 0 spiro atoms. The maximum Gasteiger partial charge on any atom is 0.0541 e. The highest BCUT2D eigenvalue weighted by molar-refractivity contribution is 5.02. The first-order valence-electron chi connectivity index (χ1n) is 3.92. The lowest BCUT2D eigenvalue weighted by atomic mass is 10.3. The van der Waals surface area contributed by atoms with Crippen molar-refractivity contribution >= 4 is 0 Å². The van der Waals surface area contributed by atoms with Crippen LogP contribution < -0.4 is 5.32 Å². The summed E-state index contributed by atoms with van der Waals surface area (Å²) in [5.74, 6) is 0. The van der Waals surface area contributed by atoms with E-state index >= 15 is 0 Å². The zero-order chi connectivity index (χ0) is 8.10. The lowest BCUT2D eigenvalue weighted by Gasteiger charge is -2.06. The average molecular weight is 150 g/mol. The first kappa shape index (κ1) is 8.21. The Morgan fingerprint density at radius 2 is 2.27 bits per heavy atom. The summed E-state index contributed by atoms with van der Waals surface area (Å²) in [5.41, 5.74) is 1.10. The minimum atomic E-state index is 0.525. The molecule has 2 nitrogen and oxygen atoms in total. The van der Waals surface area contributed by atoms with Crippen LogP contribution in [0.15, 0.2) is 24.4 Å². The summed E-state index contributed by atoms with van der Waals surface area (Å²) < 4.78 is 0. The second-order valence-electron chi connectivity index (χ2n) is 2.86. The summed E-state index contributed by atoms with van der Waals surface area (Å²) >= 11 is 0. The molecule has 1 rings (SSSR count). The number of hydrogen-bond acceptors (Lipinski definition) is 2. The van der Waals surface area contributed by atoms with Crippen LogP contribution in [-0.2, 0) is 6.54 Å². The van der Waals surface area contributed by atoms with Crippen LogP contribution in [0.1, 0.15) is 19.5 Å². The fraction of sp³-hybridized carbons (Fsp3) is 0.444. The predicted octanol–water partition coefficient (Wildman–Crippen LogP) is 1.58. The van der Waals surface area contributed by atoms with Gasteiger partial charge in [0.25, 0.3) is 0 Å². The third-order valence-electron chi connectivity index (χ3n) is 1.42. The van der Waals surface area contributed by atoms with Gasteiger partial charge in [0, 0.05) is 18.8 Å². The van der Waals surface area contributed by atoms with Crippen LogP contribution in [0, 0.1) is 0 Å². The molecular weight excluding hydrogens is 136 g/mol. The molecule has 0 aromatic carbocycles. The van der Waals surface area contributed by atoms with Crippen molar-refractivity contribution in [1.29, 1.82) is 0 Å². The van der Waals surface area contributed by atoms with Gasteiger partial charge in [-0.3, -0.25) is 4.98 Å². The second-order valence-corrected chi connectivity index (χ2v) is 2.86. The van der Waals surface area contributed by atoms with E-state index in [9.17, 15) is 0 Å². The number of rotatable bonds is 3. The summed E-state index contributed by atoms with van der Waals surface area (Å²) in [5, 5.41) is 3.30. The van der Waals surface area contributed by atoms with E-state index in [1.807, 2.05) is 24.4 Å². The zero-order valence-corrected chi connectivity index (χ0v) is 7.04. The third kappa shape index (κ3) is 3.14. The van der Waals surface area contributed by atoms with E-state index in [1.54, 1.807) is 0 Å². The second kappa shape index (κ2) is 4.09. The maximum atomic E-state index is 4.19. The van der Waals surface area contributed by atoms with Crippen LogP contribution in [-0.4, -0.2) is 11.0 Å². The van der Waals surface area contributed by atoms with Crippen molar-refractivity contribution in [1.82, 2.24) is 10.3 Å². The quantitative estimate of drug-likeness (QED) is 0.707. The molecule has 0 radical (unpaired) electrons. The maximum absolute atomic E-state index is 4.19. The predicted molar refractivity (Wildman–Crippen MR) is 46.2 cm³/mol. The highest BCUT2D eigenvalue weighted by atomic mass is 14.9. The summed E-state index contributed by atoms with van der Waals surface area (Å²) in [6, 6.07) is 6.48. The molecule has 0 aliphatic heterocycles. The lowest BCUT2D eigenvalue weighted by Crippen LogP contribution is -2.22. The van der Waals surface area contributed by atoms with E-state index in [0.717, 1.165) is 12.2 Å². The van der Waals surface area contributed by atoms with Crippen LogP contribution in [0.5, 0.6) is 0 Å². The van der Waals surface area contributed by atoms with E-state index in [-0.39, 0.29) is 0 Å². The molecule has 60 valence electrons. The fourth-order valence-corrected chi connectivity index (χ4v) is 0.811. The molecule has 0 aliphatic rings. The highest BCUT2D eigenvalue weighted by Crippen LogP contribution is 1.92. The number of pyridine rings is 1. The molecule has 1 N–H and O–H groups in total. The molecule has 0 saturated heterocycles. The largest absolute Gasteiger partial charge is 0.309 e. The number of aromatic nitrogens is 1. The van der Waals surface area contributed by atoms with Crippen molar-refractivity contribution in [3.05, 3.63) is 30.1 Å². The summed E-state index contributed by atoms with van der Waals surface area (Å²) in [6.45, 7) is 5.12. The minimum Gasteiger partial charge on any atom is -0.309 e. The summed E-state index contributed by atoms with van der Waals surface area (Å²) in [7, 11) is 0. The van der Waals surface area contributed by atoms with E-state index < -0.39 is 0 Å². The van der Waals surface area contributed by atoms with Crippen molar-refractivity contribution in [3.8, 4) is 0 Å². The van der Waals surface area contributed by atoms with Gasteiger partial charge in [-0.15, -0.1) is 0 Å². The van der Waals surface area contributed by atoms with Crippen LogP contribution in [0.2, 0.25) is 0 Å². The Bertz CT molecular complexity index is 194. The smallest absolute Gasteiger partial charge is 0.0541 e. The van der Waals surface area contributed by atoms with Gasteiger partial charge in [-0.1, -0.05) is 19.9 Å². The molecule has 0 atom stereocenters. The van der Waals surface area contributed by atoms with Gasteiger partial charge in [0.05, 0.1) is 5.69 Å². The molecule has 0 unspecified atom stereocenters. The van der Waals surface area contributed by atoms with Crippen molar-refractivity contribution in [2.24, 2.45) is 0 Å².